The zero-order chi connectivity index (χ0) is 10.7. The summed E-state index contributed by atoms with van der Waals surface area (Å²) in [6.07, 6.45) is 7.60. The maximum atomic E-state index is 6.05. The average molecular weight is 229 g/mol. The van der Waals surface area contributed by atoms with Crippen LogP contribution in [0.3, 0.4) is 0 Å². The number of halogens is 1. The minimum atomic E-state index is -0.108. The molecule has 1 unspecified atom stereocenters. The molecule has 1 aliphatic rings. The highest BCUT2D eigenvalue weighted by Gasteiger charge is 2.20. The van der Waals surface area contributed by atoms with Crippen molar-refractivity contribution in [3.8, 4) is 0 Å². The fourth-order valence-electron chi connectivity index (χ4n) is 2.22. The van der Waals surface area contributed by atoms with E-state index in [0.29, 0.717) is 6.04 Å². The van der Waals surface area contributed by atoms with Crippen molar-refractivity contribution < 1.29 is 0 Å². The lowest BCUT2D eigenvalue weighted by Gasteiger charge is -2.16. The van der Waals surface area contributed by atoms with Gasteiger partial charge in [0, 0.05) is 0 Å². The third kappa shape index (κ3) is 2.48. The number of nitrogens with zero attached hydrogens (tertiary/aromatic N) is 4. The molecule has 1 atom stereocenters. The first-order valence-corrected chi connectivity index (χ1v) is 6.14. The molecule has 1 aliphatic carbocycles. The van der Waals surface area contributed by atoms with Crippen molar-refractivity contribution in [3.63, 3.8) is 0 Å². The Morgan fingerprint density at radius 3 is 2.53 bits per heavy atom. The zero-order valence-electron chi connectivity index (χ0n) is 9.06. The van der Waals surface area contributed by atoms with Gasteiger partial charge in [0.25, 0.3) is 0 Å². The molecule has 84 valence electrons. The molecular weight excluding hydrogens is 212 g/mol. The lowest BCUT2D eigenvalue weighted by atomic mass is 10.1. The molecule has 1 aromatic heterocycles. The van der Waals surface area contributed by atoms with Crippen LogP contribution < -0.4 is 0 Å². The molecule has 4 nitrogen and oxygen atoms in total. The molecule has 15 heavy (non-hydrogen) atoms. The monoisotopic (exact) mass is 228 g/mol. The number of aromatic nitrogens is 4. The largest absolute Gasteiger partial charge is 0.225 e. The summed E-state index contributed by atoms with van der Waals surface area (Å²) in [5.41, 5.74) is 0. The van der Waals surface area contributed by atoms with Gasteiger partial charge in [-0.3, -0.25) is 0 Å². The number of alkyl halides is 1. The maximum Gasteiger partial charge on any atom is 0.169 e. The van der Waals surface area contributed by atoms with Crippen LogP contribution in [-0.2, 0) is 0 Å². The standard InChI is InChI=1S/C10H17ClN4/c1-8(11)10-12-13-14-15(10)9-6-4-2-3-5-7-9/h8-9H,2-7H2,1H3. The van der Waals surface area contributed by atoms with Crippen LogP contribution in [-0.4, -0.2) is 20.2 Å². The van der Waals surface area contributed by atoms with Crippen molar-refractivity contribution in [1.29, 1.82) is 0 Å². The summed E-state index contributed by atoms with van der Waals surface area (Å²) < 4.78 is 1.93. The van der Waals surface area contributed by atoms with E-state index in [-0.39, 0.29) is 5.38 Å². The molecule has 1 fully saturated rings. The van der Waals surface area contributed by atoms with E-state index in [0.717, 1.165) is 5.82 Å². The van der Waals surface area contributed by atoms with Gasteiger partial charge in [-0.2, -0.15) is 0 Å². The van der Waals surface area contributed by atoms with Gasteiger partial charge in [-0.05, 0) is 30.2 Å². The van der Waals surface area contributed by atoms with E-state index >= 15 is 0 Å². The molecule has 0 spiro atoms. The van der Waals surface area contributed by atoms with Crippen molar-refractivity contribution in [1.82, 2.24) is 20.2 Å². The molecule has 5 heteroatoms. The Labute approximate surface area is 95.0 Å². The van der Waals surface area contributed by atoms with Gasteiger partial charge < -0.3 is 0 Å². The Bertz CT molecular complexity index is 302. The van der Waals surface area contributed by atoms with E-state index in [1.165, 1.54) is 38.5 Å². The second kappa shape index (κ2) is 4.92. The Balaban J connectivity index is 2.15. The average Bonchev–Trinajstić information content (AvgIpc) is 2.55. The number of hydrogen-bond acceptors (Lipinski definition) is 3. The van der Waals surface area contributed by atoms with E-state index in [2.05, 4.69) is 15.5 Å². The minimum absolute atomic E-state index is 0.108. The van der Waals surface area contributed by atoms with Crippen molar-refractivity contribution in [2.45, 2.75) is 56.9 Å². The highest BCUT2D eigenvalue weighted by molar-refractivity contribution is 6.20. The number of rotatable bonds is 2. The van der Waals surface area contributed by atoms with Crippen molar-refractivity contribution >= 4 is 11.6 Å². The van der Waals surface area contributed by atoms with Gasteiger partial charge in [0.05, 0.1) is 11.4 Å². The smallest absolute Gasteiger partial charge is 0.169 e. The van der Waals surface area contributed by atoms with Gasteiger partial charge in [0.1, 0.15) is 0 Å². The highest BCUT2D eigenvalue weighted by Crippen LogP contribution is 2.29. The van der Waals surface area contributed by atoms with Crippen LogP contribution in [0, 0.1) is 0 Å². The first kappa shape index (κ1) is 10.9. The summed E-state index contributed by atoms with van der Waals surface area (Å²) in [7, 11) is 0. The van der Waals surface area contributed by atoms with E-state index in [1.807, 2.05) is 11.6 Å². The van der Waals surface area contributed by atoms with Gasteiger partial charge in [-0.25, -0.2) is 4.68 Å². The van der Waals surface area contributed by atoms with Crippen molar-refractivity contribution in [2.75, 3.05) is 0 Å². The fourth-order valence-corrected chi connectivity index (χ4v) is 2.37. The molecular formula is C10H17ClN4. The summed E-state index contributed by atoms with van der Waals surface area (Å²) in [5, 5.41) is 11.7. The topological polar surface area (TPSA) is 43.6 Å². The predicted octanol–water partition coefficient (Wildman–Crippen LogP) is 2.87. The maximum absolute atomic E-state index is 6.05. The molecule has 0 N–H and O–H groups in total. The van der Waals surface area contributed by atoms with Crippen LogP contribution >= 0.6 is 11.6 Å². The third-order valence-corrected chi connectivity index (χ3v) is 3.24. The first-order valence-electron chi connectivity index (χ1n) is 5.71. The van der Waals surface area contributed by atoms with Gasteiger partial charge in [0.15, 0.2) is 5.82 Å². The molecule has 0 radical (unpaired) electrons. The molecule has 0 aliphatic heterocycles. The minimum Gasteiger partial charge on any atom is -0.225 e. The number of tetrazole rings is 1. The Morgan fingerprint density at radius 2 is 1.93 bits per heavy atom. The summed E-state index contributed by atoms with van der Waals surface area (Å²) in [6.45, 7) is 1.92. The van der Waals surface area contributed by atoms with E-state index < -0.39 is 0 Å². The highest BCUT2D eigenvalue weighted by atomic mass is 35.5. The van der Waals surface area contributed by atoms with Gasteiger partial charge in [-0.15, -0.1) is 16.7 Å². The Kier molecular flexibility index (Phi) is 3.57. The fraction of sp³-hybridized carbons (Fsp3) is 0.900. The second-order valence-corrected chi connectivity index (χ2v) is 4.90. The SMILES string of the molecule is CC(Cl)c1nnnn1C1CCCCCC1. The van der Waals surface area contributed by atoms with Crippen LogP contribution in [0.4, 0.5) is 0 Å². The van der Waals surface area contributed by atoms with Crippen LogP contribution in [0.2, 0.25) is 0 Å². The van der Waals surface area contributed by atoms with Crippen LogP contribution in [0.15, 0.2) is 0 Å². The molecule has 1 aromatic rings. The second-order valence-electron chi connectivity index (χ2n) is 4.24. The lowest BCUT2D eigenvalue weighted by molar-refractivity contribution is 0.384. The molecule has 0 saturated heterocycles. The Morgan fingerprint density at radius 1 is 1.27 bits per heavy atom. The summed E-state index contributed by atoms with van der Waals surface area (Å²) in [6, 6.07) is 0.457. The van der Waals surface area contributed by atoms with Gasteiger partial charge in [-0.1, -0.05) is 25.7 Å². The summed E-state index contributed by atoms with van der Waals surface area (Å²) in [5.74, 6) is 0.809. The zero-order valence-corrected chi connectivity index (χ0v) is 9.82. The molecule has 1 heterocycles. The third-order valence-electron chi connectivity index (χ3n) is 3.04. The molecule has 0 amide bonds. The van der Waals surface area contributed by atoms with Gasteiger partial charge in [0.2, 0.25) is 0 Å². The van der Waals surface area contributed by atoms with Crippen molar-refractivity contribution in [2.24, 2.45) is 0 Å². The van der Waals surface area contributed by atoms with Crippen LogP contribution in [0.25, 0.3) is 0 Å². The van der Waals surface area contributed by atoms with E-state index in [1.54, 1.807) is 0 Å². The predicted molar refractivity (Wildman–Crippen MR) is 58.8 cm³/mol. The first-order chi connectivity index (χ1) is 7.29. The Hall–Kier alpha value is -0.640. The molecule has 0 bridgehead atoms. The molecule has 1 saturated carbocycles. The van der Waals surface area contributed by atoms with E-state index in [4.69, 9.17) is 11.6 Å². The summed E-state index contributed by atoms with van der Waals surface area (Å²) >= 11 is 6.05. The molecule has 0 aromatic carbocycles. The molecule has 2 rings (SSSR count). The normalized spacial score (nSPS) is 21.2. The summed E-state index contributed by atoms with van der Waals surface area (Å²) in [4.78, 5) is 0. The lowest BCUT2D eigenvalue weighted by Crippen LogP contribution is -2.14. The quantitative estimate of drug-likeness (QED) is 0.578. The van der Waals surface area contributed by atoms with Crippen LogP contribution in [0.5, 0.6) is 0 Å². The van der Waals surface area contributed by atoms with Crippen LogP contribution in [0.1, 0.15) is 62.7 Å². The van der Waals surface area contributed by atoms with E-state index in [9.17, 15) is 0 Å². The number of hydrogen-bond donors (Lipinski definition) is 0. The van der Waals surface area contributed by atoms with Crippen molar-refractivity contribution in [3.05, 3.63) is 5.82 Å². The van der Waals surface area contributed by atoms with Gasteiger partial charge >= 0.3 is 0 Å².